The highest BCUT2D eigenvalue weighted by molar-refractivity contribution is 8.76. The summed E-state index contributed by atoms with van der Waals surface area (Å²) < 4.78 is 5.33. The molecule has 1 aliphatic rings. The van der Waals surface area contributed by atoms with Gasteiger partial charge in [-0.3, -0.25) is 33.6 Å². The fourth-order valence-electron chi connectivity index (χ4n) is 8.21. The van der Waals surface area contributed by atoms with Gasteiger partial charge in [0, 0.05) is 48.0 Å². The maximum absolute atomic E-state index is 14.9. The zero-order chi connectivity index (χ0) is 56.9. The van der Waals surface area contributed by atoms with Crippen molar-refractivity contribution in [3.63, 3.8) is 0 Å². The first-order chi connectivity index (χ1) is 37.1. The van der Waals surface area contributed by atoms with Crippen LogP contribution in [0.15, 0.2) is 91.1 Å². The van der Waals surface area contributed by atoms with Crippen molar-refractivity contribution in [3.8, 4) is 0 Å². The van der Waals surface area contributed by atoms with Crippen LogP contribution in [0.5, 0.6) is 0 Å². The van der Waals surface area contributed by atoms with E-state index in [-0.39, 0.29) is 50.2 Å². The van der Waals surface area contributed by atoms with Gasteiger partial charge in [-0.1, -0.05) is 100 Å². The van der Waals surface area contributed by atoms with Crippen molar-refractivity contribution in [2.45, 2.75) is 139 Å². The van der Waals surface area contributed by atoms with Gasteiger partial charge in [-0.05, 0) is 83.1 Å². The largest absolute Gasteiger partial charge is 0.444 e. The van der Waals surface area contributed by atoms with Crippen molar-refractivity contribution >= 4 is 79.9 Å². The number of aromatic nitrogens is 1. The van der Waals surface area contributed by atoms with Crippen LogP contribution in [0.25, 0.3) is 10.9 Å². The average Bonchev–Trinajstić information content (AvgIpc) is 3.81. The first-order valence-corrected chi connectivity index (χ1v) is 28.3. The Morgan fingerprint density at radius 2 is 1.32 bits per heavy atom. The Balaban J connectivity index is 1.56. The highest BCUT2D eigenvalue weighted by Gasteiger charge is 2.36. The second kappa shape index (κ2) is 30.4. The molecule has 5 rings (SSSR count). The van der Waals surface area contributed by atoms with Crippen molar-refractivity contribution in [3.05, 3.63) is 108 Å². The lowest BCUT2D eigenvalue weighted by Crippen LogP contribution is -2.62. The molecule has 0 radical (unpaired) electrons. The number of H-pyrrole nitrogens is 1. The van der Waals surface area contributed by atoms with E-state index in [0.717, 1.165) is 38.1 Å². The molecule has 78 heavy (non-hydrogen) atoms. The molecular weight excluding hydrogens is 1040 g/mol. The molecule has 4 aromatic rings. The molecule has 1 aromatic heterocycles. The van der Waals surface area contributed by atoms with Crippen molar-refractivity contribution in [1.29, 1.82) is 0 Å². The van der Waals surface area contributed by atoms with Crippen LogP contribution >= 0.6 is 21.6 Å². The van der Waals surface area contributed by atoms with Crippen LogP contribution in [0, 0.1) is 0 Å². The second-order valence-corrected chi connectivity index (χ2v) is 22.7. The van der Waals surface area contributed by atoms with Crippen molar-refractivity contribution in [2.75, 3.05) is 24.7 Å². The third-order valence-corrected chi connectivity index (χ3v) is 14.9. The summed E-state index contributed by atoms with van der Waals surface area (Å²) in [5, 5.41) is 53.4. The number of carbonyl (C=O) groups excluding carboxylic acids is 8. The molecule has 10 atom stereocenters. The number of amides is 8. The standard InChI is InChI=1S/C54H74N10O12S2/c1-31(66)42(28-65)61-51(73)44-30-78-77-29-43(62-46(68)37(55)24-33-16-8-6-9-17-33)50(72)59-40(25-34-18-10-7-11-19-34)48(70)60-41(26-35-27-57-38-21-13-12-20-36(35)38)49(71)58-39(47(69)64-45(32(2)67)52(74)63-44)22-14-15-23-56-53(75)76-54(3,4)5/h6-13,16-21,27,31-32,37,39-45,57,65-67H,14-15,22-26,28-30,55H2,1-5H3,(H,56,75)(H,58,71)(H,59,72)(H,60,70)(H,61,73)(H,62,68)(H,63,74)(H,64,69)/t31?,32-,37-,39?,40+,41-,42?,43+,44+,45?/m1/s1. The van der Waals surface area contributed by atoms with Gasteiger partial charge in [0.1, 0.15) is 41.9 Å². The second-order valence-electron chi connectivity index (χ2n) is 20.1. The number of unbranched alkanes of at least 4 members (excludes halogenated alkanes) is 1. The number of aromatic amines is 1. The number of para-hydroxylation sites is 1. The molecule has 4 unspecified atom stereocenters. The number of benzene rings is 3. The molecule has 24 heteroatoms. The van der Waals surface area contributed by atoms with E-state index in [1.54, 1.807) is 87.6 Å². The van der Waals surface area contributed by atoms with E-state index in [1.165, 1.54) is 13.8 Å². The normalized spacial score (nSPS) is 21.9. The van der Waals surface area contributed by atoms with Crippen LogP contribution in [0.2, 0.25) is 0 Å². The molecule has 1 fully saturated rings. The van der Waals surface area contributed by atoms with Crippen LogP contribution in [-0.4, -0.2) is 159 Å². The predicted molar refractivity (Wildman–Crippen MR) is 297 cm³/mol. The highest BCUT2D eigenvalue weighted by atomic mass is 33.1. The summed E-state index contributed by atoms with van der Waals surface area (Å²) >= 11 is 0. The Hall–Kier alpha value is -6.70. The first kappa shape index (κ1) is 62.1. The molecular formula is C54H74N10O12S2. The van der Waals surface area contributed by atoms with Crippen LogP contribution in [0.4, 0.5) is 4.79 Å². The Bertz CT molecular complexity index is 2640. The van der Waals surface area contributed by atoms with Crippen LogP contribution < -0.4 is 48.3 Å². The lowest BCUT2D eigenvalue weighted by molar-refractivity contribution is -0.136. The Kier molecular flexibility index (Phi) is 24.3. The molecule has 1 saturated heterocycles. The molecule has 0 saturated carbocycles. The van der Waals surface area contributed by atoms with E-state index in [2.05, 4.69) is 47.5 Å². The van der Waals surface area contributed by atoms with Gasteiger partial charge in [0.2, 0.25) is 41.4 Å². The van der Waals surface area contributed by atoms with Gasteiger partial charge in [0.25, 0.3) is 0 Å². The van der Waals surface area contributed by atoms with E-state index >= 15 is 0 Å². The number of hydrogen-bond acceptors (Lipinski definition) is 15. The van der Waals surface area contributed by atoms with Crippen LogP contribution in [0.1, 0.15) is 70.6 Å². The molecule has 0 bridgehead atoms. The Morgan fingerprint density at radius 1 is 0.731 bits per heavy atom. The monoisotopic (exact) mass is 1120 g/mol. The van der Waals surface area contributed by atoms with Gasteiger partial charge in [0.05, 0.1) is 30.9 Å². The quantitative estimate of drug-likeness (QED) is 0.0483. The third kappa shape index (κ3) is 19.9. The highest BCUT2D eigenvalue weighted by Crippen LogP contribution is 2.24. The number of aliphatic hydroxyl groups excluding tert-OH is 3. The maximum Gasteiger partial charge on any atom is 0.407 e. The van der Waals surface area contributed by atoms with Gasteiger partial charge in [-0.25, -0.2) is 4.79 Å². The van der Waals surface area contributed by atoms with Gasteiger partial charge in [0.15, 0.2) is 0 Å². The maximum atomic E-state index is 14.9. The van der Waals surface area contributed by atoms with Gasteiger partial charge >= 0.3 is 6.09 Å². The minimum Gasteiger partial charge on any atom is -0.444 e. The Morgan fingerprint density at radius 3 is 1.96 bits per heavy atom. The number of hydrogen-bond donors (Lipinski definition) is 13. The number of nitrogens with two attached hydrogens (primary N) is 1. The average molecular weight is 1120 g/mol. The predicted octanol–water partition coefficient (Wildman–Crippen LogP) is 0.761. The topological polar surface area (TPSA) is 345 Å². The van der Waals surface area contributed by atoms with E-state index < -0.39 is 120 Å². The number of carbonyl (C=O) groups is 8. The van der Waals surface area contributed by atoms with Crippen LogP contribution in [-0.2, 0) is 57.6 Å². The molecule has 14 N–H and O–H groups in total. The van der Waals surface area contributed by atoms with Crippen LogP contribution in [0.3, 0.4) is 0 Å². The lowest BCUT2D eigenvalue weighted by Gasteiger charge is -2.29. The van der Waals surface area contributed by atoms with Gasteiger partial charge in [-0.2, -0.15) is 0 Å². The van der Waals surface area contributed by atoms with E-state index in [9.17, 15) is 53.7 Å². The van der Waals surface area contributed by atoms with Crippen molar-refractivity contribution in [1.82, 2.24) is 47.5 Å². The number of nitrogens with one attached hydrogen (secondary N) is 9. The Labute approximate surface area is 461 Å². The zero-order valence-corrected chi connectivity index (χ0v) is 46.0. The number of rotatable bonds is 18. The first-order valence-electron chi connectivity index (χ1n) is 25.8. The molecule has 0 aliphatic carbocycles. The summed E-state index contributed by atoms with van der Waals surface area (Å²) in [6, 6.07) is 14.1. The zero-order valence-electron chi connectivity index (χ0n) is 44.4. The summed E-state index contributed by atoms with van der Waals surface area (Å²) in [6.07, 6.45) is -1.42. The van der Waals surface area contributed by atoms with Gasteiger partial charge in [-0.15, -0.1) is 0 Å². The minimum absolute atomic E-state index is 0.0726. The lowest BCUT2D eigenvalue weighted by atomic mass is 10.0. The van der Waals surface area contributed by atoms with E-state index in [1.807, 2.05) is 24.3 Å². The number of aliphatic hydroxyl groups is 3. The summed E-state index contributed by atoms with van der Waals surface area (Å²) in [6.45, 7) is 7.17. The number of ether oxygens (including phenoxy) is 1. The number of fused-ring (bicyclic) bond motifs is 1. The molecule has 22 nitrogen and oxygen atoms in total. The fourth-order valence-corrected chi connectivity index (χ4v) is 10.5. The third-order valence-electron chi connectivity index (χ3n) is 12.5. The van der Waals surface area contributed by atoms with E-state index in [0.29, 0.717) is 17.5 Å². The van der Waals surface area contributed by atoms with Crippen molar-refractivity contribution in [2.24, 2.45) is 5.73 Å². The summed E-state index contributed by atoms with van der Waals surface area (Å²) in [5.74, 6) is -6.31. The van der Waals surface area contributed by atoms with Gasteiger partial charge < -0.3 is 73.3 Å². The summed E-state index contributed by atoms with van der Waals surface area (Å²) in [5.41, 5.74) is 8.38. The van der Waals surface area contributed by atoms with Crippen molar-refractivity contribution < 1.29 is 58.4 Å². The summed E-state index contributed by atoms with van der Waals surface area (Å²) in [7, 11) is 2.03. The molecule has 3 aromatic carbocycles. The molecule has 8 amide bonds. The fraction of sp³-hybridized carbons (Fsp3) is 0.481. The summed E-state index contributed by atoms with van der Waals surface area (Å²) in [4.78, 5) is 116. The van der Waals surface area contributed by atoms with E-state index in [4.69, 9.17) is 10.5 Å². The molecule has 0 spiro atoms. The molecule has 424 valence electrons. The molecule has 2 heterocycles. The smallest absolute Gasteiger partial charge is 0.407 e. The molecule has 1 aliphatic heterocycles. The SMILES string of the molecule is CC(O)C(CO)NC(=O)[C@@H]1CSSC[C@H](NC(=O)[C@H](N)Cc2ccccc2)C(=O)N[C@@H](Cc2ccccc2)C(=O)N[C@H](Cc2c[nH]c3ccccc23)C(=O)NC(CCCCNC(=O)OC(C)(C)C)C(=O)NC([C@@H](C)O)C(=O)N1. The minimum atomic E-state index is -1.72. The number of alkyl carbamates (subject to hydrolysis) is 1.